The molecule has 2 amide bonds. The predicted molar refractivity (Wildman–Crippen MR) is 86.4 cm³/mol. The maximum Gasteiger partial charge on any atom is 0.319 e. The topological polar surface area (TPSA) is 89.3 Å². The Morgan fingerprint density at radius 2 is 2.08 bits per heavy atom. The summed E-state index contributed by atoms with van der Waals surface area (Å²) in [6, 6.07) is 1.14. The maximum atomic E-state index is 13.8. The van der Waals surface area contributed by atoms with Crippen LogP contribution in [0.5, 0.6) is 0 Å². The summed E-state index contributed by atoms with van der Waals surface area (Å²) in [7, 11) is 0. The minimum Gasteiger partial charge on any atom is -0.366 e. The SMILES string of the molecule is CSc1c(F)cc(NC(=O)N[C@@H]2CCO[C@@H]2c2nc(C)no2)cc1F. The first-order valence-corrected chi connectivity index (χ1v) is 8.72. The molecule has 2 N–H and O–H groups in total. The largest absolute Gasteiger partial charge is 0.366 e. The smallest absolute Gasteiger partial charge is 0.319 e. The van der Waals surface area contributed by atoms with Gasteiger partial charge < -0.3 is 19.9 Å². The highest BCUT2D eigenvalue weighted by Crippen LogP contribution is 2.29. The van der Waals surface area contributed by atoms with Gasteiger partial charge in [-0.2, -0.15) is 4.98 Å². The number of hydrogen-bond acceptors (Lipinski definition) is 6. The molecule has 7 nitrogen and oxygen atoms in total. The van der Waals surface area contributed by atoms with Gasteiger partial charge in [-0.25, -0.2) is 13.6 Å². The summed E-state index contributed by atoms with van der Waals surface area (Å²) in [5.41, 5.74) is 0.0226. The van der Waals surface area contributed by atoms with Gasteiger partial charge in [-0.1, -0.05) is 5.16 Å². The predicted octanol–water partition coefficient (Wildman–Crippen LogP) is 3.03. The van der Waals surface area contributed by atoms with Gasteiger partial charge in [0.25, 0.3) is 5.89 Å². The van der Waals surface area contributed by atoms with E-state index >= 15 is 0 Å². The Kier molecular flexibility index (Phi) is 5.19. The van der Waals surface area contributed by atoms with E-state index in [2.05, 4.69) is 20.8 Å². The molecule has 0 aliphatic carbocycles. The number of nitrogens with one attached hydrogen (secondary N) is 2. The van der Waals surface area contributed by atoms with Crippen LogP contribution in [0.3, 0.4) is 0 Å². The molecule has 1 aliphatic heterocycles. The number of urea groups is 1. The number of ether oxygens (including phenoxy) is 1. The van der Waals surface area contributed by atoms with Gasteiger partial charge in [0.1, 0.15) is 11.6 Å². The normalized spacial score (nSPS) is 19.8. The van der Waals surface area contributed by atoms with Gasteiger partial charge in [0, 0.05) is 12.3 Å². The van der Waals surface area contributed by atoms with E-state index in [9.17, 15) is 13.6 Å². The number of rotatable bonds is 4. The number of benzene rings is 1. The first-order chi connectivity index (χ1) is 12.0. The summed E-state index contributed by atoms with van der Waals surface area (Å²) >= 11 is 0.958. The van der Waals surface area contributed by atoms with Crippen molar-refractivity contribution in [2.75, 3.05) is 18.2 Å². The van der Waals surface area contributed by atoms with Crippen LogP contribution in [0.2, 0.25) is 0 Å². The molecular weight excluding hydrogens is 354 g/mol. The molecule has 0 saturated carbocycles. The third kappa shape index (κ3) is 3.90. The highest BCUT2D eigenvalue weighted by atomic mass is 32.2. The summed E-state index contributed by atoms with van der Waals surface area (Å²) in [6.07, 6.45) is 1.56. The monoisotopic (exact) mass is 370 g/mol. The van der Waals surface area contributed by atoms with Gasteiger partial charge in [-0.3, -0.25) is 0 Å². The molecule has 134 valence electrons. The fourth-order valence-electron chi connectivity index (χ4n) is 2.57. The number of hydrogen-bond donors (Lipinski definition) is 2. The van der Waals surface area contributed by atoms with Crippen molar-refractivity contribution >= 4 is 23.5 Å². The lowest BCUT2D eigenvalue weighted by Gasteiger charge is -2.17. The van der Waals surface area contributed by atoms with Crippen molar-refractivity contribution in [1.82, 2.24) is 15.5 Å². The lowest BCUT2D eigenvalue weighted by molar-refractivity contribution is 0.0726. The summed E-state index contributed by atoms with van der Waals surface area (Å²) in [5.74, 6) is -0.715. The number of thioether (sulfide) groups is 1. The Bertz CT molecular complexity index is 763. The first kappa shape index (κ1) is 17.6. The van der Waals surface area contributed by atoms with E-state index in [-0.39, 0.29) is 22.5 Å². The van der Waals surface area contributed by atoms with E-state index in [0.717, 1.165) is 23.9 Å². The van der Waals surface area contributed by atoms with E-state index in [0.29, 0.717) is 18.9 Å². The molecule has 1 fully saturated rings. The summed E-state index contributed by atoms with van der Waals surface area (Å²) in [5, 5.41) is 8.82. The fraction of sp³-hybridized carbons (Fsp3) is 0.400. The minimum atomic E-state index is -0.730. The summed E-state index contributed by atoms with van der Waals surface area (Å²) < 4.78 is 38.1. The Morgan fingerprint density at radius 3 is 2.68 bits per heavy atom. The Hall–Kier alpha value is -2.20. The van der Waals surface area contributed by atoms with E-state index in [1.807, 2.05) is 0 Å². The van der Waals surface area contributed by atoms with Crippen LogP contribution < -0.4 is 10.6 Å². The standard InChI is InChI=1S/C15H16F2N4O3S/c1-7-18-14(24-21-7)12-11(3-4-23-12)20-15(22)19-8-5-9(16)13(25-2)10(17)6-8/h5-6,11-12H,3-4H2,1-2H3,(H2,19,20,22)/t11-,12+/m1/s1. The molecule has 1 saturated heterocycles. The molecule has 0 spiro atoms. The van der Waals surface area contributed by atoms with Gasteiger partial charge in [0.15, 0.2) is 11.9 Å². The van der Waals surface area contributed by atoms with Crippen LogP contribution in [-0.2, 0) is 4.74 Å². The van der Waals surface area contributed by atoms with Crippen molar-refractivity contribution in [3.8, 4) is 0 Å². The summed E-state index contributed by atoms with van der Waals surface area (Å²) in [6.45, 7) is 2.10. The lowest BCUT2D eigenvalue weighted by atomic mass is 10.1. The Labute approximate surface area is 146 Å². The number of aryl methyl sites for hydroxylation is 1. The van der Waals surface area contributed by atoms with Crippen molar-refractivity contribution < 1.29 is 22.8 Å². The van der Waals surface area contributed by atoms with Crippen molar-refractivity contribution in [3.63, 3.8) is 0 Å². The summed E-state index contributed by atoms with van der Waals surface area (Å²) in [4.78, 5) is 16.1. The average molecular weight is 370 g/mol. The zero-order valence-electron chi connectivity index (χ0n) is 13.5. The van der Waals surface area contributed by atoms with Gasteiger partial charge in [0.2, 0.25) is 0 Å². The third-order valence-electron chi connectivity index (χ3n) is 3.66. The molecule has 2 aromatic rings. The molecule has 10 heteroatoms. The molecule has 0 radical (unpaired) electrons. The van der Waals surface area contributed by atoms with Crippen LogP contribution in [0, 0.1) is 18.6 Å². The highest BCUT2D eigenvalue weighted by molar-refractivity contribution is 7.98. The van der Waals surface area contributed by atoms with Crippen LogP contribution in [0.25, 0.3) is 0 Å². The Balaban J connectivity index is 1.66. The highest BCUT2D eigenvalue weighted by Gasteiger charge is 2.35. The van der Waals surface area contributed by atoms with Gasteiger partial charge in [0.05, 0.1) is 10.9 Å². The maximum absolute atomic E-state index is 13.8. The molecule has 1 aliphatic rings. The molecule has 25 heavy (non-hydrogen) atoms. The van der Waals surface area contributed by atoms with E-state index < -0.39 is 23.8 Å². The second-order valence-electron chi connectivity index (χ2n) is 5.44. The molecule has 3 rings (SSSR count). The lowest BCUT2D eigenvalue weighted by Crippen LogP contribution is -2.39. The van der Waals surface area contributed by atoms with Gasteiger partial charge in [-0.15, -0.1) is 11.8 Å². The average Bonchev–Trinajstić information content (AvgIpc) is 3.15. The number of carbonyl (C=O) groups is 1. The van der Waals surface area contributed by atoms with Crippen LogP contribution in [-0.4, -0.2) is 35.1 Å². The zero-order chi connectivity index (χ0) is 18.0. The second kappa shape index (κ2) is 7.36. The van der Waals surface area contributed by atoms with Crippen LogP contribution in [0.1, 0.15) is 24.2 Å². The van der Waals surface area contributed by atoms with Crippen LogP contribution in [0.4, 0.5) is 19.3 Å². The fourth-order valence-corrected chi connectivity index (χ4v) is 3.08. The minimum absolute atomic E-state index is 0.0226. The number of aromatic nitrogens is 2. The molecule has 2 heterocycles. The second-order valence-corrected chi connectivity index (χ2v) is 6.25. The van der Waals surface area contributed by atoms with Crippen molar-refractivity contribution in [3.05, 3.63) is 35.5 Å². The Morgan fingerprint density at radius 1 is 1.36 bits per heavy atom. The molecule has 0 unspecified atom stereocenters. The number of carbonyl (C=O) groups excluding carboxylic acids is 1. The molecule has 0 bridgehead atoms. The first-order valence-electron chi connectivity index (χ1n) is 7.50. The quantitative estimate of drug-likeness (QED) is 0.804. The van der Waals surface area contributed by atoms with E-state index in [1.54, 1.807) is 13.2 Å². The van der Waals surface area contributed by atoms with Crippen molar-refractivity contribution in [1.29, 1.82) is 0 Å². The molecule has 2 atom stereocenters. The number of amides is 2. The molecule has 1 aromatic carbocycles. The van der Waals surface area contributed by atoms with Gasteiger partial charge >= 0.3 is 6.03 Å². The van der Waals surface area contributed by atoms with Gasteiger partial charge in [-0.05, 0) is 31.7 Å². The zero-order valence-corrected chi connectivity index (χ0v) is 14.3. The van der Waals surface area contributed by atoms with Crippen molar-refractivity contribution in [2.24, 2.45) is 0 Å². The van der Waals surface area contributed by atoms with Crippen molar-refractivity contribution in [2.45, 2.75) is 30.4 Å². The molecular formula is C15H16F2N4O3S. The van der Waals surface area contributed by atoms with Crippen LogP contribution >= 0.6 is 11.8 Å². The molecule has 1 aromatic heterocycles. The van der Waals surface area contributed by atoms with E-state index in [1.165, 1.54) is 0 Å². The number of halogens is 2. The van der Waals surface area contributed by atoms with E-state index in [4.69, 9.17) is 9.26 Å². The third-order valence-corrected chi connectivity index (χ3v) is 4.45. The number of nitrogens with zero attached hydrogens (tertiary/aromatic N) is 2. The number of anilines is 1. The van der Waals surface area contributed by atoms with Crippen LogP contribution in [0.15, 0.2) is 21.6 Å².